The highest BCUT2D eigenvalue weighted by Crippen LogP contribution is 2.35. The van der Waals surface area contributed by atoms with Gasteiger partial charge in [0.1, 0.15) is 18.1 Å². The minimum absolute atomic E-state index is 0.122. The summed E-state index contributed by atoms with van der Waals surface area (Å²) in [5, 5.41) is 5.70. The first-order valence-corrected chi connectivity index (χ1v) is 8.33. The Balaban J connectivity index is 1.69. The Bertz CT molecular complexity index is 783. The molecule has 2 atom stereocenters. The van der Waals surface area contributed by atoms with E-state index >= 15 is 0 Å². The summed E-state index contributed by atoms with van der Waals surface area (Å²) in [6.07, 6.45) is 3.47. The molecule has 1 aliphatic heterocycles. The van der Waals surface area contributed by atoms with Crippen LogP contribution in [0.5, 0.6) is 5.75 Å². The summed E-state index contributed by atoms with van der Waals surface area (Å²) >= 11 is 0. The van der Waals surface area contributed by atoms with Crippen molar-refractivity contribution in [3.8, 4) is 5.75 Å². The van der Waals surface area contributed by atoms with E-state index in [2.05, 4.69) is 16.7 Å². The van der Waals surface area contributed by atoms with Gasteiger partial charge in [-0.3, -0.25) is 9.59 Å². The lowest BCUT2D eigenvalue weighted by Gasteiger charge is -2.29. The summed E-state index contributed by atoms with van der Waals surface area (Å²) < 4.78 is 10.6. The van der Waals surface area contributed by atoms with Gasteiger partial charge in [0.2, 0.25) is 5.91 Å². The summed E-state index contributed by atoms with van der Waals surface area (Å²) in [4.78, 5) is 24.5. The van der Waals surface area contributed by atoms with E-state index in [1.807, 2.05) is 19.9 Å². The predicted molar refractivity (Wildman–Crippen MR) is 92.5 cm³/mol. The Morgan fingerprint density at radius 2 is 2.08 bits per heavy atom. The van der Waals surface area contributed by atoms with Gasteiger partial charge in [-0.2, -0.15) is 0 Å². The molecule has 0 spiro atoms. The van der Waals surface area contributed by atoms with Crippen molar-refractivity contribution in [1.29, 1.82) is 0 Å². The van der Waals surface area contributed by atoms with E-state index in [-0.39, 0.29) is 17.9 Å². The molecule has 0 bridgehead atoms. The zero-order chi connectivity index (χ0) is 18.0. The fourth-order valence-electron chi connectivity index (χ4n) is 3.06. The average Bonchev–Trinajstić information content (AvgIpc) is 3.10. The number of nitrogens with one attached hydrogen (secondary N) is 2. The van der Waals surface area contributed by atoms with E-state index in [0.29, 0.717) is 18.6 Å². The van der Waals surface area contributed by atoms with Crippen LogP contribution in [0.25, 0.3) is 0 Å². The zero-order valence-electron chi connectivity index (χ0n) is 14.6. The second kappa shape index (κ2) is 7.01. The maximum absolute atomic E-state index is 12.5. The molecule has 1 aromatic heterocycles. The normalized spacial score (nSPS) is 17.2. The van der Waals surface area contributed by atoms with Crippen LogP contribution < -0.4 is 15.4 Å². The number of carbonyl (C=O) groups is 2. The van der Waals surface area contributed by atoms with Crippen LogP contribution in [0.4, 0.5) is 0 Å². The van der Waals surface area contributed by atoms with E-state index in [1.54, 1.807) is 13.0 Å². The van der Waals surface area contributed by atoms with Gasteiger partial charge in [0.25, 0.3) is 5.91 Å². The van der Waals surface area contributed by atoms with Gasteiger partial charge in [0.15, 0.2) is 0 Å². The Morgan fingerprint density at radius 1 is 1.28 bits per heavy atom. The van der Waals surface area contributed by atoms with Gasteiger partial charge in [0.05, 0.1) is 24.5 Å². The third-order valence-electron chi connectivity index (χ3n) is 4.32. The molecule has 2 amide bonds. The third-order valence-corrected chi connectivity index (χ3v) is 4.32. The highest BCUT2D eigenvalue weighted by Gasteiger charge is 2.27. The molecule has 0 radical (unpaired) electrons. The van der Waals surface area contributed by atoms with Crippen LogP contribution in [0.3, 0.4) is 0 Å². The lowest BCUT2D eigenvalue weighted by molar-refractivity contribution is -0.123. The maximum atomic E-state index is 12.5. The van der Waals surface area contributed by atoms with Crippen molar-refractivity contribution in [2.75, 3.05) is 6.61 Å². The number of fused-ring (bicyclic) bond motifs is 1. The molecule has 6 heteroatoms. The van der Waals surface area contributed by atoms with Crippen LogP contribution in [0.15, 0.2) is 35.1 Å². The van der Waals surface area contributed by atoms with Crippen molar-refractivity contribution < 1.29 is 18.7 Å². The lowest BCUT2D eigenvalue weighted by atomic mass is 9.95. The van der Waals surface area contributed by atoms with Crippen molar-refractivity contribution in [1.82, 2.24) is 10.6 Å². The van der Waals surface area contributed by atoms with Crippen LogP contribution in [0, 0.1) is 13.8 Å². The van der Waals surface area contributed by atoms with Crippen molar-refractivity contribution in [3.63, 3.8) is 0 Å². The van der Waals surface area contributed by atoms with E-state index in [0.717, 1.165) is 22.4 Å². The predicted octanol–water partition coefficient (Wildman–Crippen LogP) is 2.65. The van der Waals surface area contributed by atoms with Gasteiger partial charge < -0.3 is 19.8 Å². The fraction of sp³-hybridized carbons (Fsp3) is 0.368. The first-order chi connectivity index (χ1) is 12.0. The van der Waals surface area contributed by atoms with Crippen LogP contribution in [0.2, 0.25) is 0 Å². The summed E-state index contributed by atoms with van der Waals surface area (Å²) in [7, 11) is 0. The summed E-state index contributed by atoms with van der Waals surface area (Å²) in [5.41, 5.74) is 3.57. The van der Waals surface area contributed by atoms with E-state index < -0.39 is 6.04 Å². The van der Waals surface area contributed by atoms with E-state index in [4.69, 9.17) is 9.15 Å². The van der Waals surface area contributed by atoms with Gasteiger partial charge in [-0.05, 0) is 32.4 Å². The Hall–Kier alpha value is -2.76. The number of furan rings is 1. The number of rotatable bonds is 4. The van der Waals surface area contributed by atoms with Gasteiger partial charge in [-0.25, -0.2) is 0 Å². The first-order valence-electron chi connectivity index (χ1n) is 8.33. The minimum atomic E-state index is -0.653. The number of hydrogen-bond acceptors (Lipinski definition) is 4. The number of hydrogen-bond donors (Lipinski definition) is 2. The van der Waals surface area contributed by atoms with Crippen LogP contribution in [-0.2, 0) is 4.79 Å². The lowest BCUT2D eigenvalue weighted by Crippen LogP contribution is -2.46. The zero-order valence-corrected chi connectivity index (χ0v) is 14.6. The number of aryl methyl sites for hydroxylation is 2. The highest BCUT2D eigenvalue weighted by molar-refractivity contribution is 5.97. The molecule has 2 aromatic rings. The molecule has 2 heterocycles. The van der Waals surface area contributed by atoms with E-state index in [1.165, 1.54) is 12.5 Å². The second-order valence-electron chi connectivity index (χ2n) is 6.41. The molecular formula is C19H22N2O4. The monoisotopic (exact) mass is 342 g/mol. The molecule has 0 fully saturated rings. The second-order valence-corrected chi connectivity index (χ2v) is 6.41. The van der Waals surface area contributed by atoms with Crippen LogP contribution in [-0.4, -0.2) is 24.5 Å². The molecule has 3 rings (SSSR count). The molecule has 0 aliphatic carbocycles. The molecule has 0 unspecified atom stereocenters. The minimum Gasteiger partial charge on any atom is -0.493 e. The number of carbonyl (C=O) groups excluding carboxylic acids is 2. The number of benzene rings is 1. The van der Waals surface area contributed by atoms with Crippen molar-refractivity contribution in [3.05, 3.63) is 53.0 Å². The molecule has 1 aromatic carbocycles. The summed E-state index contributed by atoms with van der Waals surface area (Å²) in [6, 6.07) is 4.89. The molecule has 6 nitrogen and oxygen atoms in total. The quantitative estimate of drug-likeness (QED) is 0.895. The largest absolute Gasteiger partial charge is 0.493 e. The third kappa shape index (κ3) is 3.68. The summed E-state index contributed by atoms with van der Waals surface area (Å²) in [6.45, 7) is 6.24. The Morgan fingerprint density at radius 3 is 2.80 bits per heavy atom. The van der Waals surface area contributed by atoms with Gasteiger partial charge in [-0.1, -0.05) is 17.7 Å². The Kier molecular flexibility index (Phi) is 4.79. The fourth-order valence-corrected chi connectivity index (χ4v) is 3.06. The highest BCUT2D eigenvalue weighted by atomic mass is 16.5. The molecule has 2 N–H and O–H groups in total. The Labute approximate surface area is 146 Å². The van der Waals surface area contributed by atoms with Crippen molar-refractivity contribution in [2.45, 2.75) is 39.3 Å². The number of ether oxygens (including phenoxy) is 1. The van der Waals surface area contributed by atoms with Gasteiger partial charge in [0, 0.05) is 12.0 Å². The topological polar surface area (TPSA) is 80.6 Å². The molecular weight excluding hydrogens is 320 g/mol. The van der Waals surface area contributed by atoms with Crippen LogP contribution in [0.1, 0.15) is 46.4 Å². The standard InChI is InChI=1S/C19H22N2O4/c1-11-8-12(2)17-15(9-11)16(5-7-25-17)21-18(22)13(3)20-19(23)14-4-6-24-10-14/h4,6,8-10,13,16H,5,7H2,1-3H3,(H,20,23)(H,21,22)/t13-,16+/m0/s1. The molecule has 0 saturated carbocycles. The molecule has 1 aliphatic rings. The molecule has 132 valence electrons. The molecule has 0 saturated heterocycles. The number of amides is 2. The first kappa shape index (κ1) is 17.1. The van der Waals surface area contributed by atoms with E-state index in [9.17, 15) is 9.59 Å². The maximum Gasteiger partial charge on any atom is 0.255 e. The van der Waals surface area contributed by atoms with Gasteiger partial charge >= 0.3 is 0 Å². The van der Waals surface area contributed by atoms with Gasteiger partial charge in [-0.15, -0.1) is 0 Å². The molecule has 25 heavy (non-hydrogen) atoms. The SMILES string of the molecule is Cc1cc(C)c2c(c1)[C@H](NC(=O)[C@H](C)NC(=O)c1ccoc1)CCO2. The summed E-state index contributed by atoms with van der Waals surface area (Å²) in [5.74, 6) is 0.279. The van der Waals surface area contributed by atoms with Crippen molar-refractivity contribution >= 4 is 11.8 Å². The smallest absolute Gasteiger partial charge is 0.255 e. The van der Waals surface area contributed by atoms with Crippen LogP contribution >= 0.6 is 0 Å². The average molecular weight is 342 g/mol. The van der Waals surface area contributed by atoms with Crippen molar-refractivity contribution in [2.24, 2.45) is 0 Å².